The van der Waals surface area contributed by atoms with E-state index in [-0.39, 0.29) is 0 Å². The second-order valence-electron chi connectivity index (χ2n) is 4.26. The topological polar surface area (TPSA) is 0 Å². The first-order valence-electron chi connectivity index (χ1n) is 4.38. The summed E-state index contributed by atoms with van der Waals surface area (Å²) in [6, 6.07) is 1.73. The molecular weight excluding hydrogens is 122 g/mol. The van der Waals surface area contributed by atoms with Crippen LogP contribution in [-0.4, -0.2) is 30.7 Å². The largest absolute Gasteiger partial charge is 0.324 e. The lowest BCUT2D eigenvalue weighted by molar-refractivity contribution is -0.940. The van der Waals surface area contributed by atoms with E-state index in [1.807, 2.05) is 0 Å². The molecule has 0 aromatic carbocycles. The van der Waals surface area contributed by atoms with Crippen LogP contribution >= 0.6 is 0 Å². The molecule has 0 aromatic rings. The van der Waals surface area contributed by atoms with Gasteiger partial charge in [0.05, 0.1) is 26.2 Å². The molecule has 1 nitrogen and oxygen atoms in total. The molecule has 60 valence electrons. The van der Waals surface area contributed by atoms with E-state index in [4.69, 9.17) is 0 Å². The van der Waals surface area contributed by atoms with Gasteiger partial charge in [0.15, 0.2) is 0 Å². The fraction of sp³-hybridized carbons (Fsp3) is 1.00. The number of piperidine rings is 1. The molecule has 10 heavy (non-hydrogen) atoms. The average Bonchev–Trinajstić information content (AvgIpc) is 1.84. The number of hydrogen-bond donors (Lipinski definition) is 0. The van der Waals surface area contributed by atoms with Crippen molar-refractivity contribution in [3.63, 3.8) is 0 Å². The van der Waals surface area contributed by atoms with Crippen LogP contribution in [0.5, 0.6) is 0 Å². The van der Waals surface area contributed by atoms with Gasteiger partial charge in [0, 0.05) is 0 Å². The maximum absolute atomic E-state index is 2.37. The predicted molar refractivity (Wildman–Crippen MR) is 44.9 cm³/mol. The first-order valence-corrected chi connectivity index (χ1v) is 4.38. The highest BCUT2D eigenvalue weighted by Gasteiger charge is 2.33. The first kappa shape index (κ1) is 8.06. The summed E-state index contributed by atoms with van der Waals surface area (Å²) in [5.41, 5.74) is 0. The summed E-state index contributed by atoms with van der Waals surface area (Å²) in [6.45, 7) is 4.74. The van der Waals surface area contributed by atoms with Crippen LogP contribution in [0.4, 0.5) is 0 Å². The molecule has 0 radical (unpaired) electrons. The third-order valence-corrected chi connectivity index (χ3v) is 3.52. The summed E-state index contributed by atoms with van der Waals surface area (Å²) < 4.78 is 1.22. The molecule has 0 amide bonds. The van der Waals surface area contributed by atoms with Gasteiger partial charge in [-0.3, -0.25) is 0 Å². The van der Waals surface area contributed by atoms with Crippen molar-refractivity contribution in [3.8, 4) is 0 Å². The molecular formula is C9H20N+. The van der Waals surface area contributed by atoms with E-state index in [0.717, 1.165) is 12.1 Å². The molecule has 0 aliphatic carbocycles. The second kappa shape index (κ2) is 2.54. The average molecular weight is 142 g/mol. The monoisotopic (exact) mass is 142 g/mol. The molecule has 0 unspecified atom stereocenters. The van der Waals surface area contributed by atoms with E-state index in [0.29, 0.717) is 0 Å². The lowest BCUT2D eigenvalue weighted by atomic mass is 9.96. The summed E-state index contributed by atoms with van der Waals surface area (Å²) in [5, 5.41) is 0. The molecule has 0 aromatic heterocycles. The molecule has 0 spiro atoms. The van der Waals surface area contributed by atoms with Gasteiger partial charge >= 0.3 is 0 Å². The van der Waals surface area contributed by atoms with E-state index < -0.39 is 0 Å². The summed E-state index contributed by atoms with van der Waals surface area (Å²) in [7, 11) is 4.71. The van der Waals surface area contributed by atoms with Crippen LogP contribution in [-0.2, 0) is 0 Å². The van der Waals surface area contributed by atoms with Gasteiger partial charge in [-0.1, -0.05) is 0 Å². The van der Waals surface area contributed by atoms with Crippen molar-refractivity contribution in [2.75, 3.05) is 14.1 Å². The maximum Gasteiger partial charge on any atom is 0.0859 e. The zero-order valence-corrected chi connectivity index (χ0v) is 7.72. The Hall–Kier alpha value is -0.0400. The van der Waals surface area contributed by atoms with Crippen LogP contribution in [0.25, 0.3) is 0 Å². The molecule has 0 saturated carbocycles. The lowest BCUT2D eigenvalue weighted by Gasteiger charge is -2.45. The fourth-order valence-corrected chi connectivity index (χ4v) is 1.81. The summed E-state index contributed by atoms with van der Waals surface area (Å²) in [6.07, 6.45) is 4.26. The number of nitrogens with zero attached hydrogens (tertiary/aromatic N) is 1. The Labute approximate surface area is 64.6 Å². The van der Waals surface area contributed by atoms with Gasteiger partial charge in [0.25, 0.3) is 0 Å². The quantitative estimate of drug-likeness (QED) is 0.454. The molecule has 1 aliphatic heterocycles. The minimum absolute atomic E-state index is 0.865. The zero-order valence-electron chi connectivity index (χ0n) is 7.72. The maximum atomic E-state index is 2.37. The summed E-state index contributed by atoms with van der Waals surface area (Å²) in [4.78, 5) is 0. The second-order valence-corrected chi connectivity index (χ2v) is 4.26. The first-order chi connectivity index (χ1) is 4.55. The van der Waals surface area contributed by atoms with Crippen LogP contribution in [0, 0.1) is 0 Å². The van der Waals surface area contributed by atoms with E-state index in [9.17, 15) is 0 Å². The molecule has 1 heteroatoms. The van der Waals surface area contributed by atoms with Crippen molar-refractivity contribution in [2.24, 2.45) is 0 Å². The van der Waals surface area contributed by atoms with Crippen molar-refractivity contribution >= 4 is 0 Å². The van der Waals surface area contributed by atoms with E-state index in [2.05, 4.69) is 27.9 Å². The highest BCUT2D eigenvalue weighted by atomic mass is 15.4. The highest BCUT2D eigenvalue weighted by Crippen LogP contribution is 2.26. The number of quaternary nitrogens is 1. The zero-order chi connectivity index (χ0) is 7.78. The molecule has 1 fully saturated rings. The van der Waals surface area contributed by atoms with Gasteiger partial charge in [-0.15, -0.1) is 0 Å². The number of rotatable bonds is 0. The predicted octanol–water partition coefficient (Wildman–Crippen LogP) is 2.02. The van der Waals surface area contributed by atoms with Gasteiger partial charge in [0.1, 0.15) is 0 Å². The molecule has 1 heterocycles. The molecule has 1 aliphatic rings. The van der Waals surface area contributed by atoms with E-state index in [1.165, 1.54) is 23.7 Å². The van der Waals surface area contributed by atoms with Crippen LogP contribution in [0.1, 0.15) is 33.1 Å². The van der Waals surface area contributed by atoms with Gasteiger partial charge in [0.2, 0.25) is 0 Å². The van der Waals surface area contributed by atoms with Crippen LogP contribution in [0.2, 0.25) is 0 Å². The Morgan fingerprint density at radius 3 is 1.70 bits per heavy atom. The van der Waals surface area contributed by atoms with Gasteiger partial charge in [-0.25, -0.2) is 0 Å². The van der Waals surface area contributed by atoms with Crippen molar-refractivity contribution < 1.29 is 4.48 Å². The van der Waals surface area contributed by atoms with Gasteiger partial charge in [-0.2, -0.15) is 0 Å². The highest BCUT2D eigenvalue weighted by molar-refractivity contribution is 4.64. The minimum atomic E-state index is 0.865. The molecule has 1 saturated heterocycles. The van der Waals surface area contributed by atoms with Crippen molar-refractivity contribution in [3.05, 3.63) is 0 Å². The Balaban J connectivity index is 2.63. The van der Waals surface area contributed by atoms with Crippen LogP contribution in [0.3, 0.4) is 0 Å². The Bertz CT molecular complexity index is 106. The fourth-order valence-electron chi connectivity index (χ4n) is 1.81. The summed E-state index contributed by atoms with van der Waals surface area (Å²) in [5.74, 6) is 0. The van der Waals surface area contributed by atoms with Crippen molar-refractivity contribution in [1.29, 1.82) is 0 Å². The van der Waals surface area contributed by atoms with Gasteiger partial charge in [-0.05, 0) is 33.1 Å². The number of hydrogen-bond acceptors (Lipinski definition) is 0. The number of likely N-dealkylation sites (tertiary alicyclic amines) is 1. The Morgan fingerprint density at radius 1 is 1.00 bits per heavy atom. The van der Waals surface area contributed by atoms with E-state index in [1.54, 1.807) is 0 Å². The van der Waals surface area contributed by atoms with Crippen LogP contribution < -0.4 is 0 Å². The van der Waals surface area contributed by atoms with Gasteiger partial charge < -0.3 is 4.48 Å². The summed E-state index contributed by atoms with van der Waals surface area (Å²) >= 11 is 0. The van der Waals surface area contributed by atoms with E-state index >= 15 is 0 Å². The molecule has 1 rings (SSSR count). The van der Waals surface area contributed by atoms with Crippen molar-refractivity contribution in [1.82, 2.24) is 0 Å². The Kier molecular flexibility index (Phi) is 2.04. The lowest BCUT2D eigenvalue weighted by Crippen LogP contribution is -2.55. The van der Waals surface area contributed by atoms with Crippen molar-refractivity contribution in [2.45, 2.75) is 45.2 Å². The molecule has 0 bridgehead atoms. The minimum Gasteiger partial charge on any atom is -0.324 e. The smallest absolute Gasteiger partial charge is 0.0859 e. The Morgan fingerprint density at radius 2 is 1.40 bits per heavy atom. The van der Waals surface area contributed by atoms with Crippen LogP contribution in [0.15, 0.2) is 0 Å². The molecule has 0 N–H and O–H groups in total. The normalized spacial score (nSPS) is 39.6. The SMILES string of the molecule is C[C@@H]1CCC[C@@H](C)[N+]1(C)C. The standard InChI is InChI=1S/C9H20N/c1-8-6-5-7-9(2)10(8,3)4/h8-9H,5-7H2,1-4H3/q+1/t8-,9-/m1/s1. The third kappa shape index (κ3) is 1.20. The molecule has 2 atom stereocenters. The third-order valence-electron chi connectivity index (χ3n) is 3.52.